The Balaban J connectivity index is 2.24. The standard InChI is InChI=1S/C16H17IN2O/c1-11-6-4-9-14(15(11)17)16(20)18-12-7-5-8-13(10-12)19(2)3/h4-10H,1-3H3,(H,18,20). The molecule has 0 spiro atoms. The quantitative estimate of drug-likeness (QED) is 0.819. The average Bonchev–Trinajstić information content (AvgIpc) is 2.42. The summed E-state index contributed by atoms with van der Waals surface area (Å²) in [4.78, 5) is 14.3. The van der Waals surface area contributed by atoms with Crippen LogP contribution in [0.1, 0.15) is 15.9 Å². The molecule has 0 saturated carbocycles. The first-order valence-electron chi connectivity index (χ1n) is 6.33. The number of anilines is 2. The van der Waals surface area contributed by atoms with Gasteiger partial charge in [-0.15, -0.1) is 0 Å². The van der Waals surface area contributed by atoms with Gasteiger partial charge in [0.25, 0.3) is 5.91 Å². The second kappa shape index (κ2) is 6.26. The van der Waals surface area contributed by atoms with Crippen molar-refractivity contribution in [3.63, 3.8) is 0 Å². The van der Waals surface area contributed by atoms with Crippen LogP contribution in [0.5, 0.6) is 0 Å². The number of hydrogen-bond donors (Lipinski definition) is 1. The molecule has 104 valence electrons. The minimum absolute atomic E-state index is 0.0750. The fraction of sp³-hybridized carbons (Fsp3) is 0.188. The number of nitrogens with one attached hydrogen (secondary N) is 1. The highest BCUT2D eigenvalue weighted by atomic mass is 127. The maximum atomic E-state index is 12.3. The van der Waals surface area contributed by atoms with Crippen LogP contribution in [0.3, 0.4) is 0 Å². The summed E-state index contributed by atoms with van der Waals surface area (Å²) in [6.07, 6.45) is 0. The molecule has 0 unspecified atom stereocenters. The number of carbonyl (C=O) groups is 1. The van der Waals surface area contributed by atoms with E-state index in [4.69, 9.17) is 0 Å². The highest BCUT2D eigenvalue weighted by molar-refractivity contribution is 14.1. The zero-order valence-electron chi connectivity index (χ0n) is 11.8. The predicted octanol–water partition coefficient (Wildman–Crippen LogP) is 3.92. The summed E-state index contributed by atoms with van der Waals surface area (Å²) in [6.45, 7) is 2.01. The number of nitrogens with zero attached hydrogens (tertiary/aromatic N) is 1. The number of halogens is 1. The maximum absolute atomic E-state index is 12.3. The van der Waals surface area contributed by atoms with Gasteiger partial charge in [-0.2, -0.15) is 0 Å². The van der Waals surface area contributed by atoms with Gasteiger partial charge in [-0.1, -0.05) is 18.2 Å². The predicted molar refractivity (Wildman–Crippen MR) is 92.6 cm³/mol. The lowest BCUT2D eigenvalue weighted by Gasteiger charge is -2.14. The molecule has 2 aromatic rings. The summed E-state index contributed by atoms with van der Waals surface area (Å²) < 4.78 is 0.992. The van der Waals surface area contributed by atoms with Crippen molar-refractivity contribution in [3.05, 3.63) is 57.2 Å². The topological polar surface area (TPSA) is 32.3 Å². The van der Waals surface area contributed by atoms with Gasteiger partial charge in [0.1, 0.15) is 0 Å². The van der Waals surface area contributed by atoms with E-state index in [9.17, 15) is 4.79 Å². The third-order valence-corrected chi connectivity index (χ3v) is 4.49. The second-order valence-corrected chi connectivity index (χ2v) is 5.91. The monoisotopic (exact) mass is 380 g/mol. The molecule has 0 bridgehead atoms. The molecule has 0 aliphatic carbocycles. The molecular formula is C16H17IN2O. The summed E-state index contributed by atoms with van der Waals surface area (Å²) in [5, 5.41) is 2.95. The fourth-order valence-electron chi connectivity index (χ4n) is 1.88. The van der Waals surface area contributed by atoms with Gasteiger partial charge in [-0.3, -0.25) is 4.79 Å². The lowest BCUT2D eigenvalue weighted by atomic mass is 10.1. The molecule has 0 heterocycles. The Labute approximate surface area is 133 Å². The molecule has 1 N–H and O–H groups in total. The first-order valence-corrected chi connectivity index (χ1v) is 7.41. The summed E-state index contributed by atoms with van der Waals surface area (Å²) >= 11 is 2.21. The van der Waals surface area contributed by atoms with Crippen molar-refractivity contribution >= 4 is 39.9 Å². The van der Waals surface area contributed by atoms with Gasteiger partial charge >= 0.3 is 0 Å². The van der Waals surface area contributed by atoms with Crippen LogP contribution < -0.4 is 10.2 Å². The molecule has 0 radical (unpaired) electrons. The minimum atomic E-state index is -0.0750. The van der Waals surface area contributed by atoms with Crippen LogP contribution in [-0.4, -0.2) is 20.0 Å². The first kappa shape index (κ1) is 14.8. The molecule has 2 rings (SSSR count). The lowest BCUT2D eigenvalue weighted by Crippen LogP contribution is -2.15. The fourth-order valence-corrected chi connectivity index (χ4v) is 2.49. The zero-order valence-corrected chi connectivity index (χ0v) is 13.9. The summed E-state index contributed by atoms with van der Waals surface area (Å²) in [7, 11) is 3.95. The van der Waals surface area contributed by atoms with E-state index in [1.165, 1.54) is 0 Å². The Hall–Kier alpha value is -1.56. The Morgan fingerprint density at radius 2 is 1.85 bits per heavy atom. The number of amides is 1. The highest BCUT2D eigenvalue weighted by Gasteiger charge is 2.11. The van der Waals surface area contributed by atoms with Crippen LogP contribution in [-0.2, 0) is 0 Å². The van der Waals surface area contributed by atoms with Crippen molar-refractivity contribution in [3.8, 4) is 0 Å². The van der Waals surface area contributed by atoms with Crippen molar-refractivity contribution in [2.45, 2.75) is 6.92 Å². The Morgan fingerprint density at radius 1 is 1.15 bits per heavy atom. The normalized spacial score (nSPS) is 10.2. The van der Waals surface area contributed by atoms with Gasteiger partial charge in [0.15, 0.2) is 0 Å². The van der Waals surface area contributed by atoms with Gasteiger partial charge in [-0.25, -0.2) is 0 Å². The van der Waals surface area contributed by atoms with E-state index in [2.05, 4.69) is 27.9 Å². The smallest absolute Gasteiger partial charge is 0.256 e. The number of benzene rings is 2. The van der Waals surface area contributed by atoms with Gasteiger partial charge in [0.05, 0.1) is 5.56 Å². The van der Waals surface area contributed by atoms with Crippen LogP contribution in [0.25, 0.3) is 0 Å². The van der Waals surface area contributed by atoms with E-state index in [1.807, 2.05) is 68.4 Å². The van der Waals surface area contributed by atoms with Gasteiger partial charge < -0.3 is 10.2 Å². The zero-order chi connectivity index (χ0) is 14.7. The molecule has 3 nitrogen and oxygen atoms in total. The molecule has 4 heteroatoms. The third kappa shape index (κ3) is 3.30. The SMILES string of the molecule is Cc1cccc(C(=O)Nc2cccc(N(C)C)c2)c1I. The van der Waals surface area contributed by atoms with Crippen LogP contribution in [0, 0.1) is 10.5 Å². The van der Waals surface area contributed by atoms with Gasteiger partial charge in [0.2, 0.25) is 0 Å². The van der Waals surface area contributed by atoms with E-state index in [0.717, 1.165) is 20.5 Å². The van der Waals surface area contributed by atoms with Crippen LogP contribution in [0.2, 0.25) is 0 Å². The molecule has 20 heavy (non-hydrogen) atoms. The highest BCUT2D eigenvalue weighted by Crippen LogP contribution is 2.20. The molecule has 0 saturated heterocycles. The third-order valence-electron chi connectivity index (χ3n) is 3.06. The summed E-state index contributed by atoms with van der Waals surface area (Å²) in [6, 6.07) is 13.6. The van der Waals surface area contributed by atoms with E-state index >= 15 is 0 Å². The largest absolute Gasteiger partial charge is 0.378 e. The maximum Gasteiger partial charge on any atom is 0.256 e. The van der Waals surface area contributed by atoms with Crippen LogP contribution in [0.4, 0.5) is 11.4 Å². The average molecular weight is 380 g/mol. The molecule has 2 aromatic carbocycles. The van der Waals surface area contributed by atoms with E-state index in [1.54, 1.807) is 0 Å². The molecular weight excluding hydrogens is 363 g/mol. The Morgan fingerprint density at radius 3 is 2.55 bits per heavy atom. The molecule has 0 aliphatic heterocycles. The van der Waals surface area contributed by atoms with Gasteiger partial charge in [-0.05, 0) is 59.3 Å². The molecule has 1 amide bonds. The van der Waals surface area contributed by atoms with E-state index in [0.29, 0.717) is 5.56 Å². The van der Waals surface area contributed by atoms with E-state index in [-0.39, 0.29) is 5.91 Å². The summed E-state index contributed by atoms with van der Waals surface area (Å²) in [5.41, 5.74) is 3.68. The number of aryl methyl sites for hydroxylation is 1. The molecule has 0 atom stereocenters. The van der Waals surface area contributed by atoms with Crippen molar-refractivity contribution in [1.82, 2.24) is 0 Å². The van der Waals surface area contributed by atoms with Crippen molar-refractivity contribution in [2.24, 2.45) is 0 Å². The van der Waals surface area contributed by atoms with Crippen LogP contribution in [0.15, 0.2) is 42.5 Å². The molecule has 0 aliphatic rings. The number of carbonyl (C=O) groups excluding carboxylic acids is 1. The minimum Gasteiger partial charge on any atom is -0.378 e. The van der Waals surface area contributed by atoms with Crippen molar-refractivity contribution in [1.29, 1.82) is 0 Å². The Kier molecular flexibility index (Phi) is 4.65. The first-order chi connectivity index (χ1) is 9.49. The molecule has 0 fully saturated rings. The van der Waals surface area contributed by atoms with Crippen LogP contribution >= 0.6 is 22.6 Å². The molecule has 0 aromatic heterocycles. The van der Waals surface area contributed by atoms with Gasteiger partial charge in [0, 0.05) is 29.0 Å². The second-order valence-electron chi connectivity index (χ2n) is 4.84. The van der Waals surface area contributed by atoms with Crippen molar-refractivity contribution < 1.29 is 4.79 Å². The summed E-state index contributed by atoms with van der Waals surface area (Å²) in [5.74, 6) is -0.0750. The Bertz CT molecular complexity index is 638. The number of rotatable bonds is 3. The van der Waals surface area contributed by atoms with E-state index < -0.39 is 0 Å². The van der Waals surface area contributed by atoms with Crippen molar-refractivity contribution in [2.75, 3.05) is 24.3 Å². The lowest BCUT2D eigenvalue weighted by molar-refractivity contribution is 0.102. The number of hydrogen-bond acceptors (Lipinski definition) is 2.